The van der Waals surface area contributed by atoms with Crippen molar-refractivity contribution in [3.8, 4) is 5.75 Å². The van der Waals surface area contributed by atoms with E-state index in [4.69, 9.17) is 27.8 Å². The minimum atomic E-state index is -0.644. The van der Waals surface area contributed by atoms with Gasteiger partial charge in [0.2, 0.25) is 0 Å². The van der Waals surface area contributed by atoms with Gasteiger partial charge >= 0.3 is 0 Å². The van der Waals surface area contributed by atoms with Crippen molar-refractivity contribution >= 4 is 28.7 Å². The van der Waals surface area contributed by atoms with Gasteiger partial charge in [0.05, 0.1) is 24.2 Å². The van der Waals surface area contributed by atoms with Gasteiger partial charge in [-0.3, -0.25) is 0 Å². The van der Waals surface area contributed by atoms with Gasteiger partial charge in [-0.1, -0.05) is 23.7 Å². The molecule has 21 heavy (non-hydrogen) atoms. The largest absolute Gasteiger partial charge is 0.497 e. The summed E-state index contributed by atoms with van der Waals surface area (Å²) in [4.78, 5) is 0. The molecular formula is C15H17ClFN3O. The number of benzene rings is 2. The first-order valence-corrected chi connectivity index (χ1v) is 6.75. The smallest absolute Gasteiger partial charge is 0.169 e. The number of methoxy groups -OCH3 is 1. The second-order valence-electron chi connectivity index (χ2n) is 4.70. The van der Waals surface area contributed by atoms with Gasteiger partial charge in [-0.05, 0) is 30.7 Å². The van der Waals surface area contributed by atoms with Gasteiger partial charge in [0.1, 0.15) is 10.8 Å². The molecule has 0 bridgehead atoms. The lowest BCUT2D eigenvalue weighted by Gasteiger charge is -2.19. The molecule has 1 atom stereocenters. The summed E-state index contributed by atoms with van der Waals surface area (Å²) in [6.45, 7) is 1.89. The molecule has 2 aromatic rings. The highest BCUT2D eigenvalue weighted by molar-refractivity contribution is 6.33. The standard InChI is InChI=1S/C15H17ClFN3O/c1-8(9-3-5-10(21-2)6-4-9)20-15-12(19)7-11(18)13(16)14(15)17/h3-8,20H,18-19H2,1-2H3. The molecule has 0 heterocycles. The van der Waals surface area contributed by atoms with Gasteiger partial charge < -0.3 is 21.5 Å². The third-order valence-corrected chi connectivity index (χ3v) is 3.63. The van der Waals surface area contributed by atoms with Crippen molar-refractivity contribution in [1.82, 2.24) is 0 Å². The van der Waals surface area contributed by atoms with Crippen LogP contribution >= 0.6 is 11.6 Å². The summed E-state index contributed by atoms with van der Waals surface area (Å²) >= 11 is 5.81. The summed E-state index contributed by atoms with van der Waals surface area (Å²) in [6, 6.07) is 8.74. The van der Waals surface area contributed by atoms with E-state index in [1.807, 2.05) is 31.2 Å². The van der Waals surface area contributed by atoms with E-state index in [9.17, 15) is 4.39 Å². The van der Waals surface area contributed by atoms with Crippen molar-refractivity contribution in [3.63, 3.8) is 0 Å². The molecule has 4 nitrogen and oxygen atoms in total. The fraction of sp³-hybridized carbons (Fsp3) is 0.200. The Labute approximate surface area is 127 Å². The van der Waals surface area contributed by atoms with Crippen LogP contribution in [0.15, 0.2) is 30.3 Å². The molecule has 0 aromatic heterocycles. The molecular weight excluding hydrogens is 293 g/mol. The van der Waals surface area contributed by atoms with Crippen LogP contribution in [0.25, 0.3) is 0 Å². The van der Waals surface area contributed by atoms with Crippen LogP contribution in [0.5, 0.6) is 5.75 Å². The Morgan fingerprint density at radius 3 is 2.38 bits per heavy atom. The Hall–Kier alpha value is -2.14. The summed E-state index contributed by atoms with van der Waals surface area (Å²) in [5.74, 6) is 0.113. The van der Waals surface area contributed by atoms with E-state index in [2.05, 4.69) is 5.32 Å². The average molecular weight is 310 g/mol. The zero-order valence-electron chi connectivity index (χ0n) is 11.8. The highest BCUT2D eigenvalue weighted by atomic mass is 35.5. The molecule has 0 aliphatic heterocycles. The van der Waals surface area contributed by atoms with E-state index < -0.39 is 5.82 Å². The Kier molecular flexibility index (Phi) is 4.43. The monoisotopic (exact) mass is 309 g/mol. The maximum absolute atomic E-state index is 14.1. The molecule has 0 saturated heterocycles. The number of halogens is 2. The zero-order chi connectivity index (χ0) is 15.6. The molecule has 0 aliphatic carbocycles. The molecule has 6 heteroatoms. The predicted molar refractivity (Wildman–Crippen MR) is 85.3 cm³/mol. The van der Waals surface area contributed by atoms with Crippen molar-refractivity contribution < 1.29 is 9.13 Å². The van der Waals surface area contributed by atoms with E-state index in [1.54, 1.807) is 7.11 Å². The molecule has 0 spiro atoms. The van der Waals surface area contributed by atoms with Crippen LogP contribution in [0.1, 0.15) is 18.5 Å². The molecule has 2 aromatic carbocycles. The molecule has 0 radical (unpaired) electrons. The minimum Gasteiger partial charge on any atom is -0.497 e. The summed E-state index contributed by atoms with van der Waals surface area (Å²) < 4.78 is 19.2. The first-order valence-electron chi connectivity index (χ1n) is 6.37. The van der Waals surface area contributed by atoms with Crippen LogP contribution in [-0.2, 0) is 0 Å². The maximum atomic E-state index is 14.1. The lowest BCUT2D eigenvalue weighted by Crippen LogP contribution is -2.11. The molecule has 0 fully saturated rings. The van der Waals surface area contributed by atoms with Crippen LogP contribution in [-0.4, -0.2) is 7.11 Å². The fourth-order valence-corrected chi connectivity index (χ4v) is 2.15. The highest BCUT2D eigenvalue weighted by Crippen LogP contribution is 2.35. The minimum absolute atomic E-state index is 0.120. The Morgan fingerprint density at radius 2 is 1.81 bits per heavy atom. The number of ether oxygens (including phenoxy) is 1. The molecule has 0 saturated carbocycles. The van der Waals surface area contributed by atoms with E-state index in [0.29, 0.717) is 0 Å². The van der Waals surface area contributed by atoms with E-state index in [0.717, 1.165) is 11.3 Å². The number of nitrogen functional groups attached to an aromatic ring is 2. The third kappa shape index (κ3) is 3.13. The van der Waals surface area contributed by atoms with Crippen LogP contribution in [0.4, 0.5) is 21.5 Å². The van der Waals surface area contributed by atoms with Gasteiger partial charge in [0.15, 0.2) is 5.82 Å². The van der Waals surface area contributed by atoms with Gasteiger partial charge in [0, 0.05) is 6.04 Å². The van der Waals surface area contributed by atoms with Gasteiger partial charge in [-0.25, -0.2) is 4.39 Å². The number of anilines is 3. The highest BCUT2D eigenvalue weighted by Gasteiger charge is 2.16. The molecule has 0 amide bonds. The second-order valence-corrected chi connectivity index (χ2v) is 5.08. The summed E-state index contributed by atoms with van der Waals surface area (Å²) in [5.41, 5.74) is 12.8. The first kappa shape index (κ1) is 15.3. The quantitative estimate of drug-likeness (QED) is 0.751. The number of rotatable bonds is 4. The molecule has 112 valence electrons. The zero-order valence-corrected chi connectivity index (χ0v) is 12.5. The molecule has 0 aliphatic rings. The fourth-order valence-electron chi connectivity index (χ4n) is 2.01. The number of nitrogens with two attached hydrogens (primary N) is 2. The normalized spacial score (nSPS) is 12.0. The van der Waals surface area contributed by atoms with Crippen molar-refractivity contribution in [1.29, 1.82) is 0 Å². The number of hydrogen-bond acceptors (Lipinski definition) is 4. The van der Waals surface area contributed by atoms with Gasteiger partial charge in [0.25, 0.3) is 0 Å². The van der Waals surface area contributed by atoms with Gasteiger partial charge in [-0.2, -0.15) is 0 Å². The Morgan fingerprint density at radius 1 is 1.19 bits per heavy atom. The maximum Gasteiger partial charge on any atom is 0.169 e. The van der Waals surface area contributed by atoms with Gasteiger partial charge in [-0.15, -0.1) is 0 Å². The Bertz CT molecular complexity index is 646. The molecule has 5 N–H and O–H groups in total. The SMILES string of the molecule is COc1ccc(C(C)Nc2c(N)cc(N)c(Cl)c2F)cc1. The van der Waals surface area contributed by atoms with E-state index in [-0.39, 0.29) is 28.1 Å². The average Bonchev–Trinajstić information content (AvgIpc) is 2.49. The third-order valence-electron chi connectivity index (χ3n) is 3.24. The van der Waals surface area contributed by atoms with Crippen LogP contribution in [0, 0.1) is 5.82 Å². The van der Waals surface area contributed by atoms with Crippen LogP contribution in [0.2, 0.25) is 5.02 Å². The van der Waals surface area contributed by atoms with Crippen molar-refractivity contribution in [2.45, 2.75) is 13.0 Å². The second kappa shape index (κ2) is 6.10. The van der Waals surface area contributed by atoms with Crippen LogP contribution < -0.4 is 21.5 Å². The predicted octanol–water partition coefficient (Wildman–Crippen LogP) is 3.83. The molecule has 2 rings (SSSR count). The lowest BCUT2D eigenvalue weighted by molar-refractivity contribution is 0.414. The van der Waals surface area contributed by atoms with Crippen molar-refractivity contribution in [2.75, 3.05) is 23.9 Å². The van der Waals surface area contributed by atoms with E-state index >= 15 is 0 Å². The summed E-state index contributed by atoms with van der Waals surface area (Å²) in [6.07, 6.45) is 0. The van der Waals surface area contributed by atoms with Crippen LogP contribution in [0.3, 0.4) is 0 Å². The lowest BCUT2D eigenvalue weighted by atomic mass is 10.1. The summed E-state index contributed by atoms with van der Waals surface area (Å²) in [5, 5.41) is 2.89. The van der Waals surface area contributed by atoms with E-state index in [1.165, 1.54) is 6.07 Å². The first-order chi connectivity index (χ1) is 9.93. The number of hydrogen-bond donors (Lipinski definition) is 3. The number of nitrogens with one attached hydrogen (secondary N) is 1. The molecule has 1 unspecified atom stereocenters. The van der Waals surface area contributed by atoms with Crippen molar-refractivity contribution in [2.24, 2.45) is 0 Å². The van der Waals surface area contributed by atoms with Crippen molar-refractivity contribution in [3.05, 3.63) is 46.7 Å². The topological polar surface area (TPSA) is 73.3 Å². The Balaban J connectivity index is 2.26. The summed E-state index contributed by atoms with van der Waals surface area (Å²) in [7, 11) is 1.60.